The molecule has 0 amide bonds. The van der Waals surface area contributed by atoms with Gasteiger partial charge in [-0.2, -0.15) is 11.3 Å². The Bertz CT molecular complexity index is 508. The third kappa shape index (κ3) is 2.81. The van der Waals surface area contributed by atoms with Gasteiger partial charge in [0.1, 0.15) is 10.8 Å². The number of hydrogen-bond donors (Lipinski definition) is 1. The Morgan fingerprint density at radius 1 is 1.53 bits per heavy atom. The lowest BCUT2D eigenvalue weighted by atomic mass is 10.2. The number of aromatic nitrogens is 1. The van der Waals surface area contributed by atoms with Crippen molar-refractivity contribution >= 4 is 34.4 Å². The molecule has 0 aromatic carbocycles. The molecule has 2 N–H and O–H groups in total. The van der Waals surface area contributed by atoms with E-state index < -0.39 is 0 Å². The number of thiocarbonyl (C=S) groups is 1. The summed E-state index contributed by atoms with van der Waals surface area (Å²) in [5.74, 6) is 0.825. The molecular weight excluding hydrogens is 250 g/mol. The molecule has 0 unspecified atom stereocenters. The normalized spacial score (nSPS) is 10.2. The Kier molecular flexibility index (Phi) is 3.71. The molecule has 0 radical (unpaired) electrons. The van der Waals surface area contributed by atoms with Crippen molar-refractivity contribution < 1.29 is 0 Å². The third-order valence-electron chi connectivity index (χ3n) is 2.41. The second kappa shape index (κ2) is 5.25. The molecule has 3 nitrogen and oxygen atoms in total. The lowest BCUT2D eigenvalue weighted by Gasteiger charge is -2.20. The first-order chi connectivity index (χ1) is 8.18. The first kappa shape index (κ1) is 12.0. The van der Waals surface area contributed by atoms with Crippen LogP contribution in [0.4, 0.5) is 5.82 Å². The van der Waals surface area contributed by atoms with Crippen molar-refractivity contribution in [1.29, 1.82) is 0 Å². The molecular formula is C12H13N3S2. The Hall–Kier alpha value is -1.46. The van der Waals surface area contributed by atoms with Crippen molar-refractivity contribution in [3.05, 3.63) is 46.3 Å². The van der Waals surface area contributed by atoms with E-state index in [4.69, 9.17) is 18.0 Å². The highest BCUT2D eigenvalue weighted by molar-refractivity contribution is 7.80. The molecule has 0 fully saturated rings. The smallest absolute Gasteiger partial charge is 0.138 e. The standard InChI is InChI=1S/C12H13N3S2/c1-15(7-9-4-6-17-8-9)12-10(11(13)16)3-2-5-14-12/h2-6,8H,7H2,1H3,(H2,13,16). The highest BCUT2D eigenvalue weighted by Crippen LogP contribution is 2.18. The van der Waals surface area contributed by atoms with E-state index in [9.17, 15) is 0 Å². The Labute approximate surface area is 110 Å². The van der Waals surface area contributed by atoms with Crippen LogP contribution in [0.5, 0.6) is 0 Å². The van der Waals surface area contributed by atoms with Crippen LogP contribution in [-0.4, -0.2) is 17.0 Å². The van der Waals surface area contributed by atoms with E-state index in [0.717, 1.165) is 17.9 Å². The van der Waals surface area contributed by atoms with Crippen LogP contribution >= 0.6 is 23.6 Å². The van der Waals surface area contributed by atoms with Gasteiger partial charge in [0.15, 0.2) is 0 Å². The molecule has 0 saturated heterocycles. The molecule has 0 bridgehead atoms. The van der Waals surface area contributed by atoms with E-state index in [-0.39, 0.29) is 0 Å². The van der Waals surface area contributed by atoms with Crippen LogP contribution in [0, 0.1) is 0 Å². The first-order valence-electron chi connectivity index (χ1n) is 5.15. The number of nitrogens with zero attached hydrogens (tertiary/aromatic N) is 2. The molecule has 0 aliphatic carbocycles. The topological polar surface area (TPSA) is 42.2 Å². The third-order valence-corrected chi connectivity index (χ3v) is 3.37. The van der Waals surface area contributed by atoms with Gasteiger partial charge in [-0.1, -0.05) is 12.2 Å². The molecule has 88 valence electrons. The van der Waals surface area contributed by atoms with Crippen LogP contribution in [0.25, 0.3) is 0 Å². The van der Waals surface area contributed by atoms with Crippen LogP contribution in [0.2, 0.25) is 0 Å². The van der Waals surface area contributed by atoms with E-state index >= 15 is 0 Å². The van der Waals surface area contributed by atoms with E-state index in [2.05, 4.69) is 26.7 Å². The highest BCUT2D eigenvalue weighted by atomic mass is 32.1. The van der Waals surface area contributed by atoms with Crippen molar-refractivity contribution in [2.45, 2.75) is 6.54 Å². The summed E-state index contributed by atoms with van der Waals surface area (Å²) in [5.41, 5.74) is 7.77. The lowest BCUT2D eigenvalue weighted by Crippen LogP contribution is -2.22. The van der Waals surface area contributed by atoms with Gasteiger partial charge < -0.3 is 10.6 Å². The van der Waals surface area contributed by atoms with E-state index in [0.29, 0.717) is 4.99 Å². The molecule has 0 aliphatic rings. The van der Waals surface area contributed by atoms with Crippen molar-refractivity contribution in [2.24, 2.45) is 5.73 Å². The molecule has 0 aliphatic heterocycles. The Balaban J connectivity index is 2.24. The van der Waals surface area contributed by atoms with Gasteiger partial charge >= 0.3 is 0 Å². The fourth-order valence-electron chi connectivity index (χ4n) is 1.62. The van der Waals surface area contributed by atoms with Crippen molar-refractivity contribution in [1.82, 2.24) is 4.98 Å². The number of hydrogen-bond acceptors (Lipinski definition) is 4. The van der Waals surface area contributed by atoms with Gasteiger partial charge in [-0.3, -0.25) is 0 Å². The van der Waals surface area contributed by atoms with Gasteiger partial charge in [0.05, 0.1) is 5.56 Å². The highest BCUT2D eigenvalue weighted by Gasteiger charge is 2.10. The largest absolute Gasteiger partial charge is 0.389 e. The Morgan fingerprint density at radius 2 is 2.35 bits per heavy atom. The predicted octanol–water partition coefficient (Wildman–Crippen LogP) is 2.41. The predicted molar refractivity (Wildman–Crippen MR) is 76.6 cm³/mol. The average molecular weight is 263 g/mol. The number of pyridine rings is 1. The van der Waals surface area contributed by atoms with Gasteiger partial charge in [-0.25, -0.2) is 4.98 Å². The molecule has 0 spiro atoms. The van der Waals surface area contributed by atoms with Gasteiger partial charge in [-0.15, -0.1) is 0 Å². The van der Waals surface area contributed by atoms with E-state index in [1.54, 1.807) is 17.5 Å². The van der Waals surface area contributed by atoms with Crippen molar-refractivity contribution in [2.75, 3.05) is 11.9 Å². The summed E-state index contributed by atoms with van der Waals surface area (Å²) in [6, 6.07) is 5.84. The van der Waals surface area contributed by atoms with Crippen LogP contribution in [0.3, 0.4) is 0 Å². The summed E-state index contributed by atoms with van der Waals surface area (Å²) in [6.45, 7) is 0.802. The summed E-state index contributed by atoms with van der Waals surface area (Å²) in [6.07, 6.45) is 1.75. The monoisotopic (exact) mass is 263 g/mol. The van der Waals surface area contributed by atoms with Crippen LogP contribution in [-0.2, 0) is 6.54 Å². The summed E-state index contributed by atoms with van der Waals surface area (Å²) >= 11 is 6.72. The zero-order valence-electron chi connectivity index (χ0n) is 9.46. The maximum atomic E-state index is 5.69. The van der Waals surface area contributed by atoms with Gasteiger partial charge in [-0.05, 0) is 34.5 Å². The van der Waals surface area contributed by atoms with Crippen LogP contribution in [0.1, 0.15) is 11.1 Å². The summed E-state index contributed by atoms with van der Waals surface area (Å²) in [4.78, 5) is 6.77. The minimum atomic E-state index is 0.380. The number of thiophene rings is 1. The second-order valence-electron chi connectivity index (χ2n) is 3.73. The maximum Gasteiger partial charge on any atom is 0.138 e. The van der Waals surface area contributed by atoms with Gasteiger partial charge in [0, 0.05) is 19.8 Å². The van der Waals surface area contributed by atoms with Gasteiger partial charge in [0.2, 0.25) is 0 Å². The second-order valence-corrected chi connectivity index (χ2v) is 4.95. The maximum absolute atomic E-state index is 5.69. The van der Waals surface area contributed by atoms with Crippen LogP contribution < -0.4 is 10.6 Å². The van der Waals surface area contributed by atoms with E-state index in [1.165, 1.54) is 5.56 Å². The molecule has 0 atom stereocenters. The molecule has 2 aromatic heterocycles. The van der Waals surface area contributed by atoms with Gasteiger partial charge in [0.25, 0.3) is 0 Å². The van der Waals surface area contributed by atoms with Crippen LogP contribution in [0.15, 0.2) is 35.2 Å². The number of rotatable bonds is 4. The van der Waals surface area contributed by atoms with E-state index in [1.807, 2.05) is 19.2 Å². The molecule has 0 saturated carbocycles. The fraction of sp³-hybridized carbons (Fsp3) is 0.167. The van der Waals surface area contributed by atoms with Crippen molar-refractivity contribution in [3.63, 3.8) is 0 Å². The number of nitrogens with two attached hydrogens (primary N) is 1. The quantitative estimate of drug-likeness (QED) is 0.860. The molecule has 2 rings (SSSR count). The molecule has 2 heterocycles. The number of anilines is 1. The zero-order valence-corrected chi connectivity index (χ0v) is 11.1. The molecule has 5 heteroatoms. The average Bonchev–Trinajstić information content (AvgIpc) is 2.81. The minimum absolute atomic E-state index is 0.380. The summed E-state index contributed by atoms with van der Waals surface area (Å²) in [5, 5.41) is 4.19. The fourth-order valence-corrected chi connectivity index (χ4v) is 2.44. The molecule has 17 heavy (non-hydrogen) atoms. The summed E-state index contributed by atoms with van der Waals surface area (Å²) < 4.78 is 0. The minimum Gasteiger partial charge on any atom is -0.389 e. The lowest BCUT2D eigenvalue weighted by molar-refractivity contribution is 0.900. The zero-order chi connectivity index (χ0) is 12.3. The van der Waals surface area contributed by atoms with Crippen molar-refractivity contribution in [3.8, 4) is 0 Å². The Morgan fingerprint density at radius 3 is 3.00 bits per heavy atom. The summed E-state index contributed by atoms with van der Waals surface area (Å²) in [7, 11) is 1.99. The molecule has 2 aromatic rings. The SMILES string of the molecule is CN(Cc1ccsc1)c1ncccc1C(N)=S. The first-order valence-corrected chi connectivity index (χ1v) is 6.50.